The number of hydrogen-bond donors (Lipinski definition) is 2. The summed E-state index contributed by atoms with van der Waals surface area (Å²) >= 11 is 0. The fourth-order valence-corrected chi connectivity index (χ4v) is 5.72. The summed E-state index contributed by atoms with van der Waals surface area (Å²) in [6.07, 6.45) is 6.85. The number of fused-ring (bicyclic) bond motifs is 2. The smallest absolute Gasteiger partial charge is 0.225 e. The zero-order valence-electron chi connectivity index (χ0n) is 22.3. The van der Waals surface area contributed by atoms with E-state index in [1.807, 2.05) is 26.2 Å². The molecule has 6 nitrogen and oxygen atoms in total. The molecule has 0 saturated heterocycles. The molecular formula is C32H36N6. The van der Waals surface area contributed by atoms with E-state index in [0.29, 0.717) is 12.1 Å². The summed E-state index contributed by atoms with van der Waals surface area (Å²) in [6.45, 7) is 1.79. The van der Waals surface area contributed by atoms with Crippen molar-refractivity contribution in [1.29, 1.82) is 0 Å². The summed E-state index contributed by atoms with van der Waals surface area (Å²) in [5.74, 6) is 1.69. The van der Waals surface area contributed by atoms with Crippen molar-refractivity contribution in [2.45, 2.75) is 50.9 Å². The molecule has 0 radical (unpaired) electrons. The number of aromatic nitrogens is 3. The molecule has 1 aliphatic carbocycles. The van der Waals surface area contributed by atoms with E-state index >= 15 is 0 Å². The number of benzene rings is 3. The fraction of sp³-hybridized carbons (Fsp3) is 0.312. The Morgan fingerprint density at radius 1 is 0.789 bits per heavy atom. The van der Waals surface area contributed by atoms with Crippen LogP contribution < -0.4 is 15.5 Å². The lowest BCUT2D eigenvalue weighted by molar-refractivity contribution is 0.352. The van der Waals surface area contributed by atoms with E-state index in [1.165, 1.54) is 22.0 Å². The second-order valence-electron chi connectivity index (χ2n) is 10.6. The van der Waals surface area contributed by atoms with Gasteiger partial charge in [-0.1, -0.05) is 60.7 Å². The van der Waals surface area contributed by atoms with E-state index in [1.54, 1.807) is 0 Å². The van der Waals surface area contributed by atoms with Gasteiger partial charge in [0.05, 0.1) is 5.52 Å². The Bertz CT molecular complexity index is 1520. The van der Waals surface area contributed by atoms with Gasteiger partial charge >= 0.3 is 0 Å². The average molecular weight is 505 g/mol. The minimum Gasteiger partial charge on any atom is -0.362 e. The molecule has 6 rings (SSSR count). The van der Waals surface area contributed by atoms with Crippen LogP contribution in [0.25, 0.3) is 21.8 Å². The van der Waals surface area contributed by atoms with E-state index in [9.17, 15) is 0 Å². The maximum absolute atomic E-state index is 4.84. The lowest BCUT2D eigenvalue weighted by atomic mass is 9.91. The predicted molar refractivity (Wildman–Crippen MR) is 158 cm³/mol. The van der Waals surface area contributed by atoms with Crippen molar-refractivity contribution < 1.29 is 0 Å². The third-order valence-corrected chi connectivity index (χ3v) is 7.72. The first kappa shape index (κ1) is 24.4. The van der Waals surface area contributed by atoms with Crippen molar-refractivity contribution in [3.05, 3.63) is 96.2 Å². The summed E-state index contributed by atoms with van der Waals surface area (Å²) in [7, 11) is 4.07. The topological polar surface area (TPSA) is 58.0 Å². The Hall–Kier alpha value is -3.90. The van der Waals surface area contributed by atoms with Gasteiger partial charge in [-0.05, 0) is 55.0 Å². The van der Waals surface area contributed by atoms with Gasteiger partial charge in [0.15, 0.2) is 0 Å². The molecule has 0 spiro atoms. The third-order valence-electron chi connectivity index (χ3n) is 7.72. The van der Waals surface area contributed by atoms with Crippen LogP contribution >= 0.6 is 0 Å². The Labute approximate surface area is 224 Å². The lowest BCUT2D eigenvalue weighted by Gasteiger charge is -2.30. The van der Waals surface area contributed by atoms with Gasteiger partial charge in [-0.3, -0.25) is 0 Å². The second kappa shape index (κ2) is 10.8. The number of rotatable bonds is 8. The highest BCUT2D eigenvalue weighted by Gasteiger charge is 2.22. The van der Waals surface area contributed by atoms with Gasteiger partial charge in [0.25, 0.3) is 0 Å². The minimum absolute atomic E-state index is 0.400. The molecule has 1 saturated carbocycles. The molecule has 0 aliphatic heterocycles. The molecule has 194 valence electrons. The van der Waals surface area contributed by atoms with Crippen LogP contribution in [0.1, 0.15) is 36.8 Å². The summed E-state index contributed by atoms with van der Waals surface area (Å²) < 4.78 is 2.38. The lowest BCUT2D eigenvalue weighted by Crippen LogP contribution is -2.37. The Morgan fingerprint density at radius 2 is 1.47 bits per heavy atom. The van der Waals surface area contributed by atoms with Crippen LogP contribution in [-0.4, -0.2) is 40.7 Å². The monoisotopic (exact) mass is 504 g/mol. The zero-order valence-corrected chi connectivity index (χ0v) is 22.3. The molecule has 6 heteroatoms. The van der Waals surface area contributed by atoms with Crippen LogP contribution in [0.2, 0.25) is 0 Å². The number of anilines is 2. The first-order valence-electron chi connectivity index (χ1n) is 13.7. The van der Waals surface area contributed by atoms with Gasteiger partial charge in [-0.25, -0.2) is 4.98 Å². The van der Waals surface area contributed by atoms with Crippen LogP contribution in [0.4, 0.5) is 11.8 Å². The number of nitrogens with zero attached hydrogens (tertiary/aromatic N) is 4. The second-order valence-corrected chi connectivity index (χ2v) is 10.6. The quantitative estimate of drug-likeness (QED) is 0.263. The van der Waals surface area contributed by atoms with E-state index in [4.69, 9.17) is 9.97 Å². The fourth-order valence-electron chi connectivity index (χ4n) is 5.72. The Balaban J connectivity index is 1.08. The number of nitrogens with one attached hydrogen (secondary N) is 2. The molecule has 5 aromatic rings. The molecule has 0 amide bonds. The SMILES string of the molecule is CN(C)c1nc(N[C@H]2CC[C@@H](NCc3cn(Cc4ccccc4)c4ccccc34)CC2)nc2ccccc12. The van der Waals surface area contributed by atoms with Gasteiger partial charge in [0.2, 0.25) is 5.95 Å². The van der Waals surface area contributed by atoms with Crippen molar-refractivity contribution >= 4 is 33.6 Å². The van der Waals surface area contributed by atoms with Crippen molar-refractivity contribution in [2.75, 3.05) is 24.3 Å². The highest BCUT2D eigenvalue weighted by atomic mass is 15.2. The maximum atomic E-state index is 4.84. The van der Waals surface area contributed by atoms with Crippen LogP contribution in [0, 0.1) is 0 Å². The zero-order chi connectivity index (χ0) is 25.9. The van der Waals surface area contributed by atoms with E-state index in [-0.39, 0.29) is 0 Å². The van der Waals surface area contributed by atoms with Crippen molar-refractivity contribution in [3.8, 4) is 0 Å². The third kappa shape index (κ3) is 5.22. The van der Waals surface area contributed by atoms with Crippen molar-refractivity contribution in [1.82, 2.24) is 19.9 Å². The standard InChI is InChI=1S/C32H36N6/c1-37(2)31-28-13-6-8-14-29(28)35-32(36-31)34-26-18-16-25(17-19-26)33-20-24-22-38(21-23-10-4-3-5-11-23)30-15-9-7-12-27(24)30/h3-15,22,25-26,33H,16-21H2,1-2H3,(H,34,35,36)/t25-,26+. The molecule has 38 heavy (non-hydrogen) atoms. The van der Waals surface area contributed by atoms with Crippen LogP contribution in [0.3, 0.4) is 0 Å². The van der Waals surface area contributed by atoms with Gasteiger partial charge in [-0.15, -0.1) is 0 Å². The van der Waals surface area contributed by atoms with E-state index < -0.39 is 0 Å². The largest absolute Gasteiger partial charge is 0.362 e. The molecule has 3 aromatic carbocycles. The Morgan fingerprint density at radius 3 is 2.26 bits per heavy atom. The summed E-state index contributed by atoms with van der Waals surface area (Å²) in [4.78, 5) is 11.7. The molecule has 0 atom stereocenters. The summed E-state index contributed by atoms with van der Waals surface area (Å²) in [5.41, 5.74) is 4.98. The normalized spacial score (nSPS) is 17.6. The molecule has 2 N–H and O–H groups in total. The summed E-state index contributed by atoms with van der Waals surface area (Å²) in [5, 5.41) is 9.92. The molecule has 2 heterocycles. The Kier molecular flexibility index (Phi) is 6.97. The number of hydrogen-bond acceptors (Lipinski definition) is 5. The minimum atomic E-state index is 0.400. The maximum Gasteiger partial charge on any atom is 0.225 e. The summed E-state index contributed by atoms with van der Waals surface area (Å²) in [6, 6.07) is 28.6. The van der Waals surface area contributed by atoms with Crippen LogP contribution in [-0.2, 0) is 13.1 Å². The van der Waals surface area contributed by atoms with Gasteiger partial charge in [-0.2, -0.15) is 4.98 Å². The predicted octanol–water partition coefficient (Wildman–Crippen LogP) is 6.21. The van der Waals surface area contributed by atoms with Crippen LogP contribution in [0.15, 0.2) is 85.1 Å². The molecular weight excluding hydrogens is 468 g/mol. The average Bonchev–Trinajstić information content (AvgIpc) is 3.30. The molecule has 2 aromatic heterocycles. The number of para-hydroxylation sites is 2. The molecule has 0 unspecified atom stereocenters. The van der Waals surface area contributed by atoms with Gasteiger partial charge in [0.1, 0.15) is 5.82 Å². The highest BCUT2D eigenvalue weighted by Crippen LogP contribution is 2.27. The molecule has 1 fully saturated rings. The van der Waals surface area contributed by atoms with Crippen LogP contribution in [0.5, 0.6) is 0 Å². The molecule has 1 aliphatic rings. The van der Waals surface area contributed by atoms with E-state index in [2.05, 4.69) is 93.0 Å². The first-order valence-corrected chi connectivity index (χ1v) is 13.7. The molecule has 0 bridgehead atoms. The van der Waals surface area contributed by atoms with Crippen molar-refractivity contribution in [3.63, 3.8) is 0 Å². The first-order chi connectivity index (χ1) is 18.6. The van der Waals surface area contributed by atoms with E-state index in [0.717, 1.165) is 61.4 Å². The van der Waals surface area contributed by atoms with Crippen molar-refractivity contribution in [2.24, 2.45) is 0 Å². The van der Waals surface area contributed by atoms with Gasteiger partial charge in [0, 0.05) is 61.8 Å². The highest BCUT2D eigenvalue weighted by molar-refractivity contribution is 5.90. The van der Waals surface area contributed by atoms with Gasteiger partial charge < -0.3 is 20.1 Å².